The zero-order valence-electron chi connectivity index (χ0n) is 13.2. The van der Waals surface area contributed by atoms with E-state index in [0.29, 0.717) is 11.5 Å². The first-order valence-electron chi connectivity index (χ1n) is 7.39. The zero-order chi connectivity index (χ0) is 15.6. The third-order valence-electron chi connectivity index (χ3n) is 3.66. The van der Waals surface area contributed by atoms with E-state index in [9.17, 15) is 10.1 Å². The molecule has 0 saturated carbocycles. The van der Waals surface area contributed by atoms with Gasteiger partial charge in [-0.15, -0.1) is 11.3 Å². The summed E-state index contributed by atoms with van der Waals surface area (Å²) in [6.07, 6.45) is 3.09. The maximum Gasteiger partial charge on any atom is 0.238 e. The van der Waals surface area contributed by atoms with Crippen LogP contribution in [0.5, 0.6) is 0 Å². The van der Waals surface area contributed by atoms with Crippen molar-refractivity contribution in [2.24, 2.45) is 5.92 Å². The molecule has 1 amide bonds. The van der Waals surface area contributed by atoms with Crippen molar-refractivity contribution in [1.82, 2.24) is 5.32 Å². The van der Waals surface area contributed by atoms with Crippen LogP contribution < -0.4 is 10.6 Å². The van der Waals surface area contributed by atoms with Crippen LogP contribution in [0.4, 0.5) is 5.00 Å². The van der Waals surface area contributed by atoms with Crippen LogP contribution in [0.1, 0.15) is 50.1 Å². The predicted octanol–water partition coefficient (Wildman–Crippen LogP) is 3.07. The van der Waals surface area contributed by atoms with Gasteiger partial charge in [-0.3, -0.25) is 4.79 Å². The van der Waals surface area contributed by atoms with Crippen LogP contribution in [0.2, 0.25) is 0 Å². The van der Waals surface area contributed by atoms with E-state index in [-0.39, 0.29) is 18.0 Å². The molecule has 1 aliphatic carbocycles. The Balaban J connectivity index is 2.10. The van der Waals surface area contributed by atoms with E-state index in [0.717, 1.165) is 29.8 Å². The first-order valence-corrected chi connectivity index (χ1v) is 8.21. The SMILES string of the molecule is CC1CCc2c(sc(NC(=O)CNC(C)(C)C)c2C#N)C1. The first kappa shape index (κ1) is 16.0. The van der Waals surface area contributed by atoms with Gasteiger partial charge in [0.25, 0.3) is 0 Å². The van der Waals surface area contributed by atoms with Crippen molar-refractivity contribution in [3.8, 4) is 6.07 Å². The van der Waals surface area contributed by atoms with E-state index >= 15 is 0 Å². The Morgan fingerprint density at radius 2 is 2.19 bits per heavy atom. The van der Waals surface area contributed by atoms with Crippen LogP contribution in [-0.2, 0) is 17.6 Å². The largest absolute Gasteiger partial charge is 0.315 e. The number of fused-ring (bicyclic) bond motifs is 1. The van der Waals surface area contributed by atoms with Crippen molar-refractivity contribution in [3.63, 3.8) is 0 Å². The van der Waals surface area contributed by atoms with Crippen molar-refractivity contribution in [1.29, 1.82) is 5.26 Å². The Labute approximate surface area is 130 Å². The van der Waals surface area contributed by atoms with Gasteiger partial charge in [-0.1, -0.05) is 6.92 Å². The summed E-state index contributed by atoms with van der Waals surface area (Å²) in [7, 11) is 0. The molecule has 1 aliphatic rings. The average molecular weight is 305 g/mol. The van der Waals surface area contributed by atoms with Crippen LogP contribution in [0, 0.1) is 17.2 Å². The van der Waals surface area contributed by atoms with Gasteiger partial charge in [0, 0.05) is 10.4 Å². The molecule has 0 spiro atoms. The number of amides is 1. The number of carbonyl (C=O) groups is 1. The molecule has 0 radical (unpaired) electrons. The van der Waals surface area contributed by atoms with Crippen LogP contribution >= 0.6 is 11.3 Å². The Morgan fingerprint density at radius 3 is 2.81 bits per heavy atom. The maximum atomic E-state index is 12.0. The Kier molecular flexibility index (Phi) is 4.70. The molecule has 1 aromatic heterocycles. The van der Waals surface area contributed by atoms with Crippen molar-refractivity contribution in [2.75, 3.05) is 11.9 Å². The predicted molar refractivity (Wildman–Crippen MR) is 86.6 cm³/mol. The number of nitrogens with zero attached hydrogens (tertiary/aromatic N) is 1. The van der Waals surface area contributed by atoms with Crippen LogP contribution in [0.15, 0.2) is 0 Å². The lowest BCUT2D eigenvalue weighted by Crippen LogP contribution is -2.41. The molecule has 21 heavy (non-hydrogen) atoms. The summed E-state index contributed by atoms with van der Waals surface area (Å²) in [5.41, 5.74) is 1.73. The summed E-state index contributed by atoms with van der Waals surface area (Å²) in [6, 6.07) is 2.27. The van der Waals surface area contributed by atoms with E-state index in [1.165, 1.54) is 4.88 Å². The Morgan fingerprint density at radius 1 is 1.48 bits per heavy atom. The number of nitriles is 1. The third kappa shape index (κ3) is 4.05. The second-order valence-electron chi connectivity index (χ2n) is 6.82. The van der Waals surface area contributed by atoms with E-state index < -0.39 is 0 Å². The molecule has 114 valence electrons. The minimum Gasteiger partial charge on any atom is -0.315 e. The molecule has 0 aliphatic heterocycles. The second-order valence-corrected chi connectivity index (χ2v) is 7.92. The monoisotopic (exact) mass is 305 g/mol. The lowest BCUT2D eigenvalue weighted by molar-refractivity contribution is -0.115. The highest BCUT2D eigenvalue weighted by molar-refractivity contribution is 7.16. The number of hydrogen-bond acceptors (Lipinski definition) is 4. The summed E-state index contributed by atoms with van der Waals surface area (Å²) in [6.45, 7) is 8.55. The van der Waals surface area contributed by atoms with Crippen molar-refractivity contribution >= 4 is 22.2 Å². The van der Waals surface area contributed by atoms with Gasteiger partial charge < -0.3 is 10.6 Å². The molecular weight excluding hydrogens is 282 g/mol. The summed E-state index contributed by atoms with van der Waals surface area (Å²) >= 11 is 1.57. The molecule has 0 fully saturated rings. The van der Waals surface area contributed by atoms with Crippen LogP contribution in [0.3, 0.4) is 0 Å². The van der Waals surface area contributed by atoms with Crippen LogP contribution in [0.25, 0.3) is 0 Å². The van der Waals surface area contributed by atoms with Gasteiger partial charge in [-0.25, -0.2) is 0 Å². The van der Waals surface area contributed by atoms with Gasteiger partial charge >= 0.3 is 0 Å². The molecule has 1 aromatic rings. The lowest BCUT2D eigenvalue weighted by Gasteiger charge is -2.19. The maximum absolute atomic E-state index is 12.0. The molecule has 0 bridgehead atoms. The number of hydrogen-bond donors (Lipinski definition) is 2. The molecule has 1 heterocycles. The number of nitrogens with one attached hydrogen (secondary N) is 2. The van der Waals surface area contributed by atoms with E-state index in [1.54, 1.807) is 11.3 Å². The average Bonchev–Trinajstić information content (AvgIpc) is 2.71. The molecule has 1 atom stereocenters. The van der Waals surface area contributed by atoms with Crippen molar-refractivity contribution in [3.05, 3.63) is 16.0 Å². The van der Waals surface area contributed by atoms with E-state index in [2.05, 4.69) is 23.6 Å². The number of anilines is 1. The fourth-order valence-electron chi connectivity index (χ4n) is 2.47. The molecule has 0 saturated heterocycles. The van der Waals surface area contributed by atoms with Gasteiger partial charge in [0.05, 0.1) is 12.1 Å². The highest BCUT2D eigenvalue weighted by atomic mass is 32.1. The van der Waals surface area contributed by atoms with E-state index in [4.69, 9.17) is 0 Å². The van der Waals surface area contributed by atoms with Gasteiger partial charge in [-0.05, 0) is 51.5 Å². The van der Waals surface area contributed by atoms with E-state index in [1.807, 2.05) is 20.8 Å². The fraction of sp³-hybridized carbons (Fsp3) is 0.625. The van der Waals surface area contributed by atoms with Gasteiger partial charge in [0.15, 0.2) is 0 Å². The minimum atomic E-state index is -0.0977. The first-order chi connectivity index (χ1) is 9.80. The third-order valence-corrected chi connectivity index (χ3v) is 4.83. The molecule has 0 aromatic carbocycles. The van der Waals surface area contributed by atoms with Gasteiger partial charge in [-0.2, -0.15) is 5.26 Å². The number of thiophene rings is 1. The zero-order valence-corrected chi connectivity index (χ0v) is 14.0. The molecule has 5 heteroatoms. The summed E-state index contributed by atoms with van der Waals surface area (Å²) < 4.78 is 0. The lowest BCUT2D eigenvalue weighted by atomic mass is 9.89. The van der Waals surface area contributed by atoms with Gasteiger partial charge in [0.1, 0.15) is 11.1 Å². The molecule has 4 nitrogen and oxygen atoms in total. The standard InChI is InChI=1S/C16H23N3OS/c1-10-5-6-11-12(8-17)15(21-13(11)7-10)19-14(20)9-18-16(2,3)4/h10,18H,5-7,9H2,1-4H3,(H,19,20). The Hall–Kier alpha value is -1.38. The molecular formula is C16H23N3OS. The van der Waals surface area contributed by atoms with Gasteiger partial charge in [0.2, 0.25) is 5.91 Å². The van der Waals surface area contributed by atoms with Crippen molar-refractivity contribution in [2.45, 2.75) is 52.5 Å². The summed E-state index contributed by atoms with van der Waals surface area (Å²) in [5.74, 6) is 0.571. The smallest absolute Gasteiger partial charge is 0.238 e. The minimum absolute atomic E-state index is 0.0897. The topological polar surface area (TPSA) is 64.9 Å². The molecule has 2 N–H and O–H groups in total. The summed E-state index contributed by atoms with van der Waals surface area (Å²) in [4.78, 5) is 13.3. The molecule has 1 unspecified atom stereocenters. The fourth-order valence-corrected chi connectivity index (χ4v) is 3.85. The van der Waals surface area contributed by atoms with Crippen LogP contribution in [-0.4, -0.2) is 18.0 Å². The molecule has 2 rings (SSSR count). The summed E-state index contributed by atoms with van der Waals surface area (Å²) in [5, 5.41) is 16.2. The highest BCUT2D eigenvalue weighted by Crippen LogP contribution is 2.39. The Bertz CT molecular complexity index is 578. The highest BCUT2D eigenvalue weighted by Gasteiger charge is 2.24. The second kappa shape index (κ2) is 6.17. The normalized spacial score (nSPS) is 18.0. The number of rotatable bonds is 3. The quantitative estimate of drug-likeness (QED) is 0.902. The number of carbonyl (C=O) groups excluding carboxylic acids is 1. The van der Waals surface area contributed by atoms with Crippen molar-refractivity contribution < 1.29 is 4.79 Å².